The van der Waals surface area contributed by atoms with E-state index in [2.05, 4.69) is 17.2 Å². The van der Waals surface area contributed by atoms with Gasteiger partial charge >= 0.3 is 0 Å². The van der Waals surface area contributed by atoms with Gasteiger partial charge < -0.3 is 14.2 Å². The molecule has 3 aromatic rings. The summed E-state index contributed by atoms with van der Waals surface area (Å²) in [6, 6.07) is 11.0. The monoisotopic (exact) mass is 398 g/mol. The Morgan fingerprint density at radius 3 is 2.82 bits per heavy atom. The predicted molar refractivity (Wildman–Crippen MR) is 110 cm³/mol. The zero-order valence-electron chi connectivity index (χ0n) is 15.7. The quantitative estimate of drug-likeness (QED) is 0.574. The molecule has 2 aromatic carbocycles. The highest BCUT2D eigenvalue weighted by Crippen LogP contribution is 2.37. The average Bonchev–Trinajstić information content (AvgIpc) is 3.10. The summed E-state index contributed by atoms with van der Waals surface area (Å²) < 4.78 is 17.9. The molecule has 0 fully saturated rings. The maximum absolute atomic E-state index is 12.6. The Morgan fingerprint density at radius 2 is 2.00 bits per heavy atom. The number of rotatable bonds is 7. The van der Waals surface area contributed by atoms with Gasteiger partial charge in [-0.05, 0) is 24.6 Å². The third-order valence-electron chi connectivity index (χ3n) is 4.39. The van der Waals surface area contributed by atoms with Gasteiger partial charge in [-0.1, -0.05) is 37.2 Å². The summed E-state index contributed by atoms with van der Waals surface area (Å²) in [5.74, 6) is 1.90. The molecular formula is C21H22N2O4S. The summed E-state index contributed by atoms with van der Waals surface area (Å²) in [6.45, 7) is 3.88. The number of thiazole rings is 1. The van der Waals surface area contributed by atoms with Crippen molar-refractivity contribution in [1.82, 2.24) is 4.98 Å². The molecular weight excluding hydrogens is 376 g/mol. The number of carbonyl (C=O) groups excluding carboxylic acids is 1. The number of amides is 1. The predicted octanol–water partition coefficient (Wildman–Crippen LogP) is 4.89. The van der Waals surface area contributed by atoms with E-state index in [9.17, 15) is 4.79 Å². The third-order valence-corrected chi connectivity index (χ3v) is 5.32. The Balaban J connectivity index is 1.46. The number of hydrogen-bond donors (Lipinski definition) is 1. The third kappa shape index (κ3) is 4.20. The van der Waals surface area contributed by atoms with Crippen LogP contribution in [0, 0.1) is 0 Å². The minimum atomic E-state index is -0.213. The maximum Gasteiger partial charge on any atom is 0.257 e. The molecule has 1 aliphatic rings. The van der Waals surface area contributed by atoms with Crippen molar-refractivity contribution in [1.29, 1.82) is 0 Å². The lowest BCUT2D eigenvalue weighted by molar-refractivity contribution is 0.102. The molecule has 0 saturated heterocycles. The van der Waals surface area contributed by atoms with Gasteiger partial charge in [-0.3, -0.25) is 10.1 Å². The Labute approximate surface area is 167 Å². The van der Waals surface area contributed by atoms with Crippen LogP contribution < -0.4 is 19.5 Å². The first-order valence-electron chi connectivity index (χ1n) is 9.47. The maximum atomic E-state index is 12.6. The standard InChI is InChI=1S/C21H22N2O4S/c1-2-3-4-8-25-15-7-5-6-14(11-15)20(24)23-21-22-16-12-17-18(13-19(16)28-21)27-10-9-26-17/h5-7,11-13H,2-4,8-10H2,1H3,(H,22,23,24). The summed E-state index contributed by atoms with van der Waals surface area (Å²) in [5.41, 5.74) is 1.32. The summed E-state index contributed by atoms with van der Waals surface area (Å²) in [6.07, 6.45) is 3.29. The van der Waals surface area contributed by atoms with Crippen LogP contribution in [0.15, 0.2) is 36.4 Å². The number of carbonyl (C=O) groups is 1. The normalized spacial score (nSPS) is 12.8. The van der Waals surface area contributed by atoms with Crippen LogP contribution >= 0.6 is 11.3 Å². The number of hydrogen-bond acceptors (Lipinski definition) is 6. The number of ether oxygens (including phenoxy) is 3. The van der Waals surface area contributed by atoms with Crippen LogP contribution in [0.3, 0.4) is 0 Å². The topological polar surface area (TPSA) is 69.7 Å². The summed E-state index contributed by atoms with van der Waals surface area (Å²) in [4.78, 5) is 17.1. The van der Waals surface area contributed by atoms with Crippen molar-refractivity contribution in [3.63, 3.8) is 0 Å². The summed E-state index contributed by atoms with van der Waals surface area (Å²) in [5, 5.41) is 3.41. The lowest BCUT2D eigenvalue weighted by Crippen LogP contribution is -2.15. The average molecular weight is 398 g/mol. The smallest absolute Gasteiger partial charge is 0.257 e. The molecule has 0 radical (unpaired) electrons. The fraction of sp³-hybridized carbons (Fsp3) is 0.333. The zero-order valence-corrected chi connectivity index (χ0v) is 16.5. The van der Waals surface area contributed by atoms with Crippen LogP contribution in [0.2, 0.25) is 0 Å². The number of unbranched alkanes of at least 4 members (excludes halogenated alkanes) is 2. The van der Waals surface area contributed by atoms with Crippen molar-refractivity contribution in [2.45, 2.75) is 26.2 Å². The molecule has 0 spiro atoms. The highest BCUT2D eigenvalue weighted by Gasteiger charge is 2.16. The van der Waals surface area contributed by atoms with Crippen molar-refractivity contribution in [3.8, 4) is 17.2 Å². The molecule has 0 aliphatic carbocycles. The molecule has 0 saturated carbocycles. The van der Waals surface area contributed by atoms with Gasteiger partial charge in [0.15, 0.2) is 16.6 Å². The summed E-state index contributed by atoms with van der Waals surface area (Å²) in [7, 11) is 0. The van der Waals surface area contributed by atoms with Gasteiger partial charge in [0, 0.05) is 17.7 Å². The van der Waals surface area contributed by atoms with Gasteiger partial charge in [-0.2, -0.15) is 0 Å². The fourth-order valence-corrected chi connectivity index (χ4v) is 3.83. The van der Waals surface area contributed by atoms with Gasteiger partial charge in [-0.25, -0.2) is 4.98 Å². The van der Waals surface area contributed by atoms with E-state index in [4.69, 9.17) is 14.2 Å². The molecule has 1 aliphatic heterocycles. The van der Waals surface area contributed by atoms with E-state index < -0.39 is 0 Å². The van der Waals surface area contributed by atoms with E-state index >= 15 is 0 Å². The highest BCUT2D eigenvalue weighted by molar-refractivity contribution is 7.22. The molecule has 6 nitrogen and oxygen atoms in total. The van der Waals surface area contributed by atoms with E-state index in [0.717, 1.165) is 29.5 Å². The van der Waals surface area contributed by atoms with E-state index in [-0.39, 0.29) is 5.91 Å². The first kappa shape index (κ1) is 18.6. The Hall–Kier alpha value is -2.80. The number of nitrogens with one attached hydrogen (secondary N) is 1. The molecule has 146 valence electrons. The molecule has 0 atom stereocenters. The number of benzene rings is 2. The van der Waals surface area contributed by atoms with Gasteiger partial charge in [0.1, 0.15) is 19.0 Å². The molecule has 28 heavy (non-hydrogen) atoms. The molecule has 0 unspecified atom stereocenters. The van der Waals surface area contributed by atoms with Crippen LogP contribution in [0.25, 0.3) is 10.2 Å². The highest BCUT2D eigenvalue weighted by atomic mass is 32.1. The lowest BCUT2D eigenvalue weighted by Gasteiger charge is -2.17. The van der Waals surface area contributed by atoms with Crippen LogP contribution in [0.4, 0.5) is 5.13 Å². The second kappa shape index (κ2) is 8.48. The number of anilines is 1. The Bertz CT molecular complexity index is 943. The molecule has 0 bridgehead atoms. The van der Waals surface area contributed by atoms with Crippen LogP contribution in [-0.2, 0) is 0 Å². The molecule has 4 rings (SSSR count). The Morgan fingerprint density at radius 1 is 1.18 bits per heavy atom. The largest absolute Gasteiger partial charge is 0.494 e. The SMILES string of the molecule is CCCCCOc1cccc(C(=O)Nc2nc3cc4c(cc3s2)OCCO4)c1. The van der Waals surface area contributed by atoms with Crippen LogP contribution in [-0.4, -0.2) is 30.7 Å². The van der Waals surface area contributed by atoms with Crippen molar-refractivity contribution in [3.05, 3.63) is 42.0 Å². The van der Waals surface area contributed by atoms with Crippen molar-refractivity contribution < 1.29 is 19.0 Å². The molecule has 7 heteroatoms. The first-order valence-corrected chi connectivity index (χ1v) is 10.3. The lowest BCUT2D eigenvalue weighted by atomic mass is 10.2. The first-order chi connectivity index (χ1) is 13.7. The zero-order chi connectivity index (χ0) is 19.3. The van der Waals surface area contributed by atoms with Crippen LogP contribution in [0.1, 0.15) is 36.5 Å². The summed E-state index contributed by atoms with van der Waals surface area (Å²) >= 11 is 1.41. The van der Waals surface area contributed by atoms with Gasteiger partial charge in [0.2, 0.25) is 0 Å². The van der Waals surface area contributed by atoms with E-state index in [1.54, 1.807) is 12.1 Å². The molecule has 1 amide bonds. The minimum absolute atomic E-state index is 0.213. The van der Waals surface area contributed by atoms with Crippen LogP contribution in [0.5, 0.6) is 17.2 Å². The molecule has 1 N–H and O–H groups in total. The minimum Gasteiger partial charge on any atom is -0.494 e. The van der Waals surface area contributed by atoms with Gasteiger partial charge in [0.05, 0.1) is 16.8 Å². The second-order valence-electron chi connectivity index (χ2n) is 6.52. The van der Waals surface area contributed by atoms with E-state index in [0.29, 0.717) is 47.8 Å². The molecule has 2 heterocycles. The van der Waals surface area contributed by atoms with Crippen molar-refractivity contribution in [2.24, 2.45) is 0 Å². The van der Waals surface area contributed by atoms with E-state index in [1.165, 1.54) is 11.3 Å². The fourth-order valence-electron chi connectivity index (χ4n) is 2.96. The van der Waals surface area contributed by atoms with Crippen molar-refractivity contribution in [2.75, 3.05) is 25.1 Å². The number of nitrogens with zero attached hydrogens (tertiary/aromatic N) is 1. The van der Waals surface area contributed by atoms with E-state index in [1.807, 2.05) is 24.3 Å². The van der Waals surface area contributed by atoms with Gasteiger partial charge in [-0.15, -0.1) is 0 Å². The number of aromatic nitrogens is 1. The number of fused-ring (bicyclic) bond motifs is 2. The van der Waals surface area contributed by atoms with Crippen molar-refractivity contribution >= 4 is 32.6 Å². The second-order valence-corrected chi connectivity index (χ2v) is 7.55. The Kier molecular flexibility index (Phi) is 5.62. The molecule has 1 aromatic heterocycles. The van der Waals surface area contributed by atoms with Gasteiger partial charge in [0.25, 0.3) is 5.91 Å².